The molecule has 5 rings (SSSR count). The normalized spacial score (nSPS) is 13.8. The summed E-state index contributed by atoms with van der Waals surface area (Å²) in [7, 11) is 0. The SMILES string of the molecule is C(=N\Nc1ncnc2c1cnn2-c1cccc(NCC2CC2)c1)/c1ccncc1. The van der Waals surface area contributed by atoms with Crippen LogP contribution in [0, 0.1) is 5.92 Å². The van der Waals surface area contributed by atoms with Crippen molar-refractivity contribution in [3.63, 3.8) is 0 Å². The van der Waals surface area contributed by atoms with Gasteiger partial charge in [0.25, 0.3) is 0 Å². The summed E-state index contributed by atoms with van der Waals surface area (Å²) in [6.07, 6.45) is 11.1. The zero-order chi connectivity index (χ0) is 19.5. The number of anilines is 2. The van der Waals surface area contributed by atoms with Gasteiger partial charge in [0.2, 0.25) is 0 Å². The van der Waals surface area contributed by atoms with Gasteiger partial charge < -0.3 is 5.32 Å². The zero-order valence-electron chi connectivity index (χ0n) is 15.7. The minimum atomic E-state index is 0.606. The van der Waals surface area contributed by atoms with Crippen molar-refractivity contribution >= 4 is 28.8 Å². The Labute approximate surface area is 167 Å². The maximum Gasteiger partial charge on any atom is 0.168 e. The van der Waals surface area contributed by atoms with Crippen LogP contribution in [0.5, 0.6) is 0 Å². The number of benzene rings is 1. The summed E-state index contributed by atoms with van der Waals surface area (Å²) in [5.41, 5.74) is 6.70. The Bertz CT molecular complexity index is 1150. The molecular formula is C21H20N8. The van der Waals surface area contributed by atoms with Crippen LogP contribution in [-0.2, 0) is 0 Å². The van der Waals surface area contributed by atoms with E-state index in [0.29, 0.717) is 5.82 Å². The zero-order valence-corrected chi connectivity index (χ0v) is 15.7. The molecule has 8 nitrogen and oxygen atoms in total. The molecule has 0 saturated heterocycles. The van der Waals surface area contributed by atoms with Crippen molar-refractivity contribution in [1.82, 2.24) is 24.7 Å². The van der Waals surface area contributed by atoms with E-state index in [0.717, 1.165) is 40.4 Å². The van der Waals surface area contributed by atoms with Crippen LogP contribution in [0.15, 0.2) is 66.4 Å². The number of hydrazone groups is 1. The maximum atomic E-state index is 4.53. The molecule has 1 aliphatic carbocycles. The van der Waals surface area contributed by atoms with E-state index in [1.54, 1.807) is 24.8 Å². The molecular weight excluding hydrogens is 364 g/mol. The first-order valence-corrected chi connectivity index (χ1v) is 9.59. The van der Waals surface area contributed by atoms with Crippen LogP contribution in [0.2, 0.25) is 0 Å². The molecule has 2 N–H and O–H groups in total. The molecule has 4 aromatic rings. The predicted octanol–water partition coefficient (Wildman–Crippen LogP) is 3.48. The van der Waals surface area contributed by atoms with Gasteiger partial charge in [0.1, 0.15) is 6.33 Å². The molecule has 29 heavy (non-hydrogen) atoms. The molecule has 0 aliphatic heterocycles. The number of hydrogen-bond acceptors (Lipinski definition) is 7. The number of nitrogens with zero attached hydrogens (tertiary/aromatic N) is 6. The predicted molar refractivity (Wildman–Crippen MR) is 113 cm³/mol. The molecule has 0 atom stereocenters. The van der Waals surface area contributed by atoms with Gasteiger partial charge in [-0.25, -0.2) is 14.6 Å². The summed E-state index contributed by atoms with van der Waals surface area (Å²) < 4.78 is 1.82. The summed E-state index contributed by atoms with van der Waals surface area (Å²) in [6.45, 7) is 1.02. The van der Waals surface area contributed by atoms with Crippen molar-refractivity contribution < 1.29 is 0 Å². The highest BCUT2D eigenvalue weighted by molar-refractivity contribution is 5.88. The van der Waals surface area contributed by atoms with Gasteiger partial charge in [-0.05, 0) is 54.7 Å². The molecule has 0 unspecified atom stereocenters. The van der Waals surface area contributed by atoms with E-state index in [4.69, 9.17) is 0 Å². The van der Waals surface area contributed by atoms with Crippen LogP contribution in [-0.4, -0.2) is 37.5 Å². The molecule has 3 heterocycles. The van der Waals surface area contributed by atoms with Gasteiger partial charge in [-0.3, -0.25) is 10.4 Å². The van der Waals surface area contributed by atoms with Gasteiger partial charge >= 0.3 is 0 Å². The van der Waals surface area contributed by atoms with Crippen LogP contribution < -0.4 is 10.7 Å². The average Bonchev–Trinajstić information content (AvgIpc) is 3.50. The van der Waals surface area contributed by atoms with Crippen LogP contribution in [0.3, 0.4) is 0 Å². The van der Waals surface area contributed by atoms with Gasteiger partial charge in [-0.15, -0.1) is 0 Å². The van der Waals surface area contributed by atoms with E-state index in [-0.39, 0.29) is 0 Å². The fraction of sp³-hybridized carbons (Fsp3) is 0.190. The van der Waals surface area contributed by atoms with Crippen molar-refractivity contribution in [2.75, 3.05) is 17.3 Å². The molecule has 0 spiro atoms. The Morgan fingerprint density at radius 2 is 2.03 bits per heavy atom. The van der Waals surface area contributed by atoms with E-state index in [1.807, 2.05) is 28.9 Å². The molecule has 144 valence electrons. The lowest BCUT2D eigenvalue weighted by Crippen LogP contribution is -2.04. The highest BCUT2D eigenvalue weighted by Gasteiger charge is 2.20. The minimum Gasteiger partial charge on any atom is -0.385 e. The monoisotopic (exact) mass is 384 g/mol. The molecule has 0 bridgehead atoms. The fourth-order valence-electron chi connectivity index (χ4n) is 3.07. The van der Waals surface area contributed by atoms with Gasteiger partial charge in [-0.1, -0.05) is 6.07 Å². The molecule has 1 aliphatic rings. The smallest absolute Gasteiger partial charge is 0.168 e. The second-order valence-corrected chi connectivity index (χ2v) is 7.04. The van der Waals surface area contributed by atoms with Crippen LogP contribution in [0.25, 0.3) is 16.7 Å². The number of pyridine rings is 1. The molecule has 0 amide bonds. The van der Waals surface area contributed by atoms with Gasteiger partial charge in [-0.2, -0.15) is 10.2 Å². The molecule has 0 radical (unpaired) electrons. The summed E-state index contributed by atoms with van der Waals surface area (Å²) in [5.74, 6) is 1.42. The number of aromatic nitrogens is 5. The molecule has 1 fully saturated rings. The Balaban J connectivity index is 1.39. The Kier molecular flexibility index (Phi) is 4.57. The van der Waals surface area contributed by atoms with Crippen molar-refractivity contribution in [1.29, 1.82) is 0 Å². The standard InChI is InChI=1S/C21H20N8/c1-2-17(23-11-15-4-5-15)10-18(3-1)29-21-19(13-27-29)20(24-14-25-21)28-26-12-16-6-8-22-9-7-16/h1-3,6-10,12-15,23H,4-5,11H2,(H,24,25,28)/b26-12+. The highest BCUT2D eigenvalue weighted by Crippen LogP contribution is 2.29. The molecule has 3 aromatic heterocycles. The summed E-state index contributed by atoms with van der Waals surface area (Å²) >= 11 is 0. The van der Waals surface area contributed by atoms with E-state index in [1.165, 1.54) is 19.2 Å². The Morgan fingerprint density at radius 1 is 1.14 bits per heavy atom. The molecule has 1 aromatic carbocycles. The summed E-state index contributed by atoms with van der Waals surface area (Å²) in [6, 6.07) is 12.0. The fourth-order valence-corrected chi connectivity index (χ4v) is 3.07. The minimum absolute atomic E-state index is 0.606. The third kappa shape index (κ3) is 3.91. The lowest BCUT2D eigenvalue weighted by molar-refractivity contribution is 0.882. The second kappa shape index (κ2) is 7.67. The first-order valence-electron chi connectivity index (χ1n) is 9.59. The lowest BCUT2D eigenvalue weighted by atomic mass is 10.2. The van der Waals surface area contributed by atoms with E-state index >= 15 is 0 Å². The Hall–Kier alpha value is -3.81. The third-order valence-corrected chi connectivity index (χ3v) is 4.84. The van der Waals surface area contributed by atoms with Crippen LogP contribution in [0.4, 0.5) is 11.5 Å². The Morgan fingerprint density at radius 3 is 2.90 bits per heavy atom. The summed E-state index contributed by atoms with van der Waals surface area (Å²) in [5, 5.41) is 13.1. The number of hydrogen-bond donors (Lipinski definition) is 2. The second-order valence-electron chi connectivity index (χ2n) is 7.04. The number of rotatable bonds is 7. The highest BCUT2D eigenvalue weighted by atomic mass is 15.3. The van der Waals surface area contributed by atoms with Gasteiger partial charge in [0.15, 0.2) is 11.5 Å². The first-order chi connectivity index (χ1) is 14.4. The van der Waals surface area contributed by atoms with E-state index < -0.39 is 0 Å². The van der Waals surface area contributed by atoms with E-state index in [9.17, 15) is 0 Å². The van der Waals surface area contributed by atoms with Gasteiger partial charge in [0.05, 0.1) is 23.5 Å². The van der Waals surface area contributed by atoms with E-state index in [2.05, 4.69) is 48.0 Å². The van der Waals surface area contributed by atoms with Crippen molar-refractivity contribution in [3.05, 3.63) is 66.9 Å². The topological polar surface area (TPSA) is 92.9 Å². The third-order valence-electron chi connectivity index (χ3n) is 4.84. The van der Waals surface area contributed by atoms with Crippen molar-refractivity contribution in [3.8, 4) is 5.69 Å². The molecule has 1 saturated carbocycles. The average molecular weight is 384 g/mol. The van der Waals surface area contributed by atoms with Crippen LogP contribution in [0.1, 0.15) is 18.4 Å². The largest absolute Gasteiger partial charge is 0.385 e. The number of nitrogens with one attached hydrogen (secondary N) is 2. The maximum absolute atomic E-state index is 4.53. The van der Waals surface area contributed by atoms with Crippen molar-refractivity contribution in [2.24, 2.45) is 11.0 Å². The molecule has 8 heteroatoms. The quantitative estimate of drug-likeness (QED) is 0.374. The first kappa shape index (κ1) is 17.3. The summed E-state index contributed by atoms with van der Waals surface area (Å²) in [4.78, 5) is 12.7. The lowest BCUT2D eigenvalue weighted by Gasteiger charge is -2.08. The van der Waals surface area contributed by atoms with Gasteiger partial charge in [0, 0.05) is 24.6 Å². The van der Waals surface area contributed by atoms with Crippen LogP contribution >= 0.6 is 0 Å². The number of fused-ring (bicyclic) bond motifs is 1. The van der Waals surface area contributed by atoms with Crippen molar-refractivity contribution in [2.45, 2.75) is 12.8 Å².